The van der Waals surface area contributed by atoms with Crippen LogP contribution in [0.25, 0.3) is 0 Å². The van der Waals surface area contributed by atoms with E-state index in [1.807, 2.05) is 18.2 Å². The van der Waals surface area contributed by atoms with Crippen molar-refractivity contribution >= 4 is 23.2 Å². The molecule has 5 heteroatoms. The van der Waals surface area contributed by atoms with Crippen molar-refractivity contribution in [3.05, 3.63) is 53.6 Å². The lowest BCUT2D eigenvalue weighted by atomic mass is 10.1. The van der Waals surface area contributed by atoms with E-state index in [0.29, 0.717) is 28.6 Å². The van der Waals surface area contributed by atoms with Gasteiger partial charge in [-0.1, -0.05) is 18.2 Å². The lowest BCUT2D eigenvalue weighted by Crippen LogP contribution is -2.13. The predicted molar refractivity (Wildman–Crippen MR) is 83.5 cm³/mol. The number of halogens is 1. The van der Waals surface area contributed by atoms with Gasteiger partial charge in [-0.3, -0.25) is 4.79 Å². The van der Waals surface area contributed by atoms with E-state index in [1.165, 1.54) is 14.2 Å². The summed E-state index contributed by atoms with van der Waals surface area (Å²) in [6.45, 7) is 0. The van der Waals surface area contributed by atoms with Crippen LogP contribution in [-0.4, -0.2) is 20.1 Å². The minimum absolute atomic E-state index is 0.266. The lowest BCUT2D eigenvalue weighted by Gasteiger charge is -2.12. The maximum absolute atomic E-state index is 12.4. The molecule has 1 N–H and O–H groups in total. The highest BCUT2D eigenvalue weighted by molar-refractivity contribution is 6.17. The number of alkyl halides is 1. The Labute approximate surface area is 128 Å². The van der Waals surface area contributed by atoms with Gasteiger partial charge in [-0.25, -0.2) is 0 Å². The van der Waals surface area contributed by atoms with Crippen LogP contribution in [0.4, 0.5) is 5.69 Å². The fraction of sp³-hybridized carbons (Fsp3) is 0.188. The molecule has 2 aromatic carbocycles. The van der Waals surface area contributed by atoms with Crippen LogP contribution < -0.4 is 14.8 Å². The topological polar surface area (TPSA) is 47.6 Å². The fourth-order valence-corrected chi connectivity index (χ4v) is 2.16. The summed E-state index contributed by atoms with van der Waals surface area (Å²) in [4.78, 5) is 12.4. The largest absolute Gasteiger partial charge is 0.493 e. The number of amides is 1. The summed E-state index contributed by atoms with van der Waals surface area (Å²) in [5.41, 5.74) is 2.03. The molecular weight excluding hydrogens is 290 g/mol. The van der Waals surface area contributed by atoms with Crippen LogP contribution in [0.3, 0.4) is 0 Å². The summed E-state index contributed by atoms with van der Waals surface area (Å²) < 4.78 is 10.5. The number of benzene rings is 2. The highest BCUT2D eigenvalue weighted by Gasteiger charge is 2.16. The lowest BCUT2D eigenvalue weighted by molar-refractivity contribution is 0.102. The number of para-hydroxylation sites is 1. The molecule has 0 radical (unpaired) electrons. The number of carbonyl (C=O) groups is 1. The third-order valence-electron chi connectivity index (χ3n) is 2.99. The zero-order chi connectivity index (χ0) is 15.2. The Morgan fingerprint density at radius 3 is 2.57 bits per heavy atom. The molecule has 0 atom stereocenters. The zero-order valence-corrected chi connectivity index (χ0v) is 12.6. The van der Waals surface area contributed by atoms with Crippen LogP contribution in [0.5, 0.6) is 11.5 Å². The van der Waals surface area contributed by atoms with Gasteiger partial charge in [0.1, 0.15) is 0 Å². The molecule has 21 heavy (non-hydrogen) atoms. The Morgan fingerprint density at radius 1 is 1.14 bits per heavy atom. The molecule has 0 fully saturated rings. The molecule has 2 aromatic rings. The van der Waals surface area contributed by atoms with Crippen molar-refractivity contribution in [2.75, 3.05) is 19.5 Å². The van der Waals surface area contributed by atoms with Gasteiger partial charge >= 0.3 is 0 Å². The van der Waals surface area contributed by atoms with E-state index in [2.05, 4.69) is 5.32 Å². The zero-order valence-electron chi connectivity index (χ0n) is 11.9. The van der Waals surface area contributed by atoms with Crippen LogP contribution in [0.15, 0.2) is 42.5 Å². The summed E-state index contributed by atoms with van der Waals surface area (Å²) in [5, 5.41) is 2.83. The Balaban J connectivity index is 2.28. The first kappa shape index (κ1) is 15.2. The summed E-state index contributed by atoms with van der Waals surface area (Å²) >= 11 is 5.79. The van der Waals surface area contributed by atoms with Gasteiger partial charge in [0.15, 0.2) is 11.5 Å². The highest BCUT2D eigenvalue weighted by atomic mass is 35.5. The molecule has 0 unspecified atom stereocenters. The van der Waals surface area contributed by atoms with E-state index < -0.39 is 0 Å². The average molecular weight is 306 g/mol. The van der Waals surface area contributed by atoms with Crippen molar-refractivity contribution in [2.45, 2.75) is 5.88 Å². The number of anilines is 1. The first-order valence-electron chi connectivity index (χ1n) is 6.37. The summed E-state index contributed by atoms with van der Waals surface area (Å²) in [7, 11) is 3.03. The molecule has 1 amide bonds. The molecule has 0 bridgehead atoms. The van der Waals surface area contributed by atoms with Gasteiger partial charge in [0.25, 0.3) is 5.91 Å². The molecule has 0 spiro atoms. The quantitative estimate of drug-likeness (QED) is 0.857. The van der Waals surface area contributed by atoms with E-state index in [4.69, 9.17) is 21.1 Å². The first-order chi connectivity index (χ1) is 10.2. The number of carbonyl (C=O) groups excluding carboxylic acids is 1. The standard InChI is InChI=1S/C16H16ClNO3/c1-20-14-8-4-7-13(15(14)21-2)16(19)18-12-6-3-5-11(9-12)10-17/h3-9H,10H2,1-2H3,(H,18,19). The SMILES string of the molecule is COc1cccc(C(=O)Nc2cccc(CCl)c2)c1OC. The Morgan fingerprint density at radius 2 is 1.90 bits per heavy atom. The number of ether oxygens (including phenoxy) is 2. The monoisotopic (exact) mass is 305 g/mol. The van der Waals surface area contributed by atoms with Crippen LogP contribution >= 0.6 is 11.6 Å². The van der Waals surface area contributed by atoms with Crippen molar-refractivity contribution in [1.82, 2.24) is 0 Å². The summed E-state index contributed by atoms with van der Waals surface area (Å²) in [6.07, 6.45) is 0. The Bertz CT molecular complexity index is 643. The van der Waals surface area contributed by atoms with Crippen molar-refractivity contribution in [1.29, 1.82) is 0 Å². The van der Waals surface area contributed by atoms with Gasteiger partial charge < -0.3 is 14.8 Å². The number of hydrogen-bond donors (Lipinski definition) is 1. The average Bonchev–Trinajstić information content (AvgIpc) is 2.53. The third kappa shape index (κ3) is 3.47. The molecular formula is C16H16ClNO3. The molecule has 110 valence electrons. The molecule has 0 saturated carbocycles. The van der Waals surface area contributed by atoms with Gasteiger partial charge in [-0.15, -0.1) is 11.6 Å². The highest BCUT2D eigenvalue weighted by Crippen LogP contribution is 2.31. The fourth-order valence-electron chi connectivity index (χ4n) is 2.00. The van der Waals surface area contributed by atoms with E-state index in [-0.39, 0.29) is 5.91 Å². The van der Waals surface area contributed by atoms with Crippen molar-refractivity contribution in [2.24, 2.45) is 0 Å². The maximum atomic E-state index is 12.4. The number of methoxy groups -OCH3 is 2. The van der Waals surface area contributed by atoms with E-state index >= 15 is 0 Å². The second-order valence-electron chi connectivity index (χ2n) is 4.33. The van der Waals surface area contributed by atoms with E-state index in [9.17, 15) is 4.79 Å². The minimum atomic E-state index is -0.266. The van der Waals surface area contributed by atoms with Crippen molar-refractivity contribution < 1.29 is 14.3 Å². The Hall–Kier alpha value is -2.20. The molecule has 0 aliphatic heterocycles. The molecule has 0 aromatic heterocycles. The second-order valence-corrected chi connectivity index (χ2v) is 4.60. The Kier molecular flexibility index (Phi) is 5.06. The van der Waals surface area contributed by atoms with Gasteiger partial charge in [-0.05, 0) is 29.8 Å². The van der Waals surface area contributed by atoms with E-state index in [0.717, 1.165) is 5.56 Å². The normalized spacial score (nSPS) is 10.0. The first-order valence-corrected chi connectivity index (χ1v) is 6.90. The molecule has 0 aliphatic rings. The molecule has 0 saturated heterocycles. The van der Waals surface area contributed by atoms with Crippen LogP contribution in [0.1, 0.15) is 15.9 Å². The van der Waals surface area contributed by atoms with Gasteiger partial charge in [-0.2, -0.15) is 0 Å². The van der Waals surface area contributed by atoms with Gasteiger partial charge in [0.05, 0.1) is 19.8 Å². The van der Waals surface area contributed by atoms with Crippen LogP contribution in [0, 0.1) is 0 Å². The summed E-state index contributed by atoms with van der Waals surface area (Å²) in [5.74, 6) is 1.05. The van der Waals surface area contributed by atoms with Gasteiger partial charge in [0.2, 0.25) is 0 Å². The predicted octanol–water partition coefficient (Wildman–Crippen LogP) is 3.69. The van der Waals surface area contributed by atoms with E-state index in [1.54, 1.807) is 24.3 Å². The van der Waals surface area contributed by atoms with Gasteiger partial charge in [0, 0.05) is 11.6 Å². The minimum Gasteiger partial charge on any atom is -0.493 e. The van der Waals surface area contributed by atoms with Crippen molar-refractivity contribution in [3.63, 3.8) is 0 Å². The third-order valence-corrected chi connectivity index (χ3v) is 3.30. The molecule has 0 aliphatic carbocycles. The maximum Gasteiger partial charge on any atom is 0.259 e. The molecule has 0 heterocycles. The number of nitrogens with one attached hydrogen (secondary N) is 1. The number of rotatable bonds is 5. The van der Waals surface area contributed by atoms with Crippen LogP contribution in [0.2, 0.25) is 0 Å². The smallest absolute Gasteiger partial charge is 0.259 e. The molecule has 4 nitrogen and oxygen atoms in total. The number of hydrogen-bond acceptors (Lipinski definition) is 3. The summed E-state index contributed by atoms with van der Waals surface area (Å²) in [6, 6.07) is 12.5. The second kappa shape index (κ2) is 6.99. The van der Waals surface area contributed by atoms with Crippen molar-refractivity contribution in [3.8, 4) is 11.5 Å². The molecule has 2 rings (SSSR count). The van der Waals surface area contributed by atoms with Crippen LogP contribution in [-0.2, 0) is 5.88 Å².